The minimum atomic E-state index is 0.791. The van der Waals surface area contributed by atoms with Crippen LogP contribution in [0.4, 0.5) is 11.4 Å². The number of halogens is 1. The van der Waals surface area contributed by atoms with Gasteiger partial charge < -0.3 is 10.6 Å². The summed E-state index contributed by atoms with van der Waals surface area (Å²) in [6, 6.07) is 14.7. The van der Waals surface area contributed by atoms with E-state index in [2.05, 4.69) is 65.1 Å². The summed E-state index contributed by atoms with van der Waals surface area (Å²) in [7, 11) is 2.10. The Morgan fingerprint density at radius 1 is 1.05 bits per heavy atom. The Hall–Kier alpha value is -1.48. The molecule has 0 atom stereocenters. The predicted octanol–water partition coefficient (Wildman–Crippen LogP) is 4.23. The van der Waals surface area contributed by atoms with Crippen molar-refractivity contribution >= 4 is 27.3 Å². The third-order valence-corrected chi connectivity index (χ3v) is 3.64. The first-order valence-corrected chi connectivity index (χ1v) is 7.23. The quantitative estimate of drug-likeness (QED) is 0.855. The van der Waals surface area contributed by atoms with Crippen LogP contribution in [0.3, 0.4) is 0 Å². The van der Waals surface area contributed by atoms with E-state index >= 15 is 0 Å². The van der Waals surface area contributed by atoms with Gasteiger partial charge in [-0.2, -0.15) is 0 Å². The molecule has 0 aliphatic rings. The zero-order chi connectivity index (χ0) is 13.8. The van der Waals surface area contributed by atoms with Gasteiger partial charge in [-0.3, -0.25) is 0 Å². The van der Waals surface area contributed by atoms with E-state index in [0.717, 1.165) is 23.1 Å². The topological polar surface area (TPSA) is 29.3 Å². The fourth-order valence-electron chi connectivity index (χ4n) is 2.12. The standard InChI is InChI=1S/C16H19BrN2/c1-3-12-4-6-16(7-5-12)19(2)11-13-8-14(17)10-15(18)9-13/h4-10H,3,11,18H2,1-2H3. The number of anilines is 2. The van der Waals surface area contributed by atoms with Crippen LogP contribution in [-0.4, -0.2) is 7.05 Å². The molecule has 2 rings (SSSR count). The Bertz CT molecular complexity index is 529. The average Bonchev–Trinajstić information content (AvgIpc) is 2.37. The molecular weight excluding hydrogens is 300 g/mol. The van der Waals surface area contributed by atoms with E-state index in [0.29, 0.717) is 0 Å². The summed E-state index contributed by atoms with van der Waals surface area (Å²) in [5.41, 5.74) is 10.4. The van der Waals surface area contributed by atoms with Gasteiger partial charge in [-0.15, -0.1) is 0 Å². The molecule has 0 unspecified atom stereocenters. The molecule has 0 fully saturated rings. The molecule has 0 aromatic heterocycles. The second kappa shape index (κ2) is 6.11. The van der Waals surface area contributed by atoms with E-state index in [4.69, 9.17) is 5.73 Å². The molecule has 0 radical (unpaired) electrons. The first-order valence-electron chi connectivity index (χ1n) is 6.43. The summed E-state index contributed by atoms with van der Waals surface area (Å²) in [5, 5.41) is 0. The Balaban J connectivity index is 2.13. The SMILES string of the molecule is CCc1ccc(N(C)Cc2cc(N)cc(Br)c2)cc1. The van der Waals surface area contributed by atoms with Crippen molar-refractivity contribution in [1.29, 1.82) is 0 Å². The minimum absolute atomic E-state index is 0.791. The molecule has 0 aliphatic carbocycles. The zero-order valence-electron chi connectivity index (χ0n) is 11.4. The number of hydrogen-bond donors (Lipinski definition) is 1. The van der Waals surface area contributed by atoms with Crippen LogP contribution in [0.15, 0.2) is 46.9 Å². The van der Waals surface area contributed by atoms with Crippen molar-refractivity contribution in [2.45, 2.75) is 19.9 Å². The molecule has 19 heavy (non-hydrogen) atoms. The van der Waals surface area contributed by atoms with E-state index in [9.17, 15) is 0 Å². The second-order valence-corrected chi connectivity index (χ2v) is 5.68. The summed E-state index contributed by atoms with van der Waals surface area (Å²) in [5.74, 6) is 0. The summed E-state index contributed by atoms with van der Waals surface area (Å²) < 4.78 is 1.03. The van der Waals surface area contributed by atoms with Crippen LogP contribution >= 0.6 is 15.9 Å². The van der Waals surface area contributed by atoms with Gasteiger partial charge in [-0.05, 0) is 47.9 Å². The number of rotatable bonds is 4. The smallest absolute Gasteiger partial charge is 0.0427 e. The van der Waals surface area contributed by atoms with Crippen LogP contribution in [0.1, 0.15) is 18.1 Å². The Labute approximate surface area is 123 Å². The van der Waals surface area contributed by atoms with Crippen molar-refractivity contribution in [3.05, 3.63) is 58.1 Å². The first-order chi connectivity index (χ1) is 9.08. The highest BCUT2D eigenvalue weighted by molar-refractivity contribution is 9.10. The van der Waals surface area contributed by atoms with Crippen molar-refractivity contribution in [3.63, 3.8) is 0 Å². The second-order valence-electron chi connectivity index (χ2n) is 4.77. The van der Waals surface area contributed by atoms with Gasteiger partial charge in [-0.25, -0.2) is 0 Å². The predicted molar refractivity (Wildman–Crippen MR) is 86.5 cm³/mol. The van der Waals surface area contributed by atoms with Gasteiger partial charge in [0, 0.05) is 29.4 Å². The number of benzene rings is 2. The Morgan fingerprint density at radius 3 is 2.32 bits per heavy atom. The van der Waals surface area contributed by atoms with Crippen LogP contribution in [0.25, 0.3) is 0 Å². The molecule has 0 heterocycles. The Kier molecular flexibility index (Phi) is 4.48. The fraction of sp³-hybridized carbons (Fsp3) is 0.250. The molecule has 2 nitrogen and oxygen atoms in total. The van der Waals surface area contributed by atoms with Gasteiger partial charge in [0.1, 0.15) is 0 Å². The first kappa shape index (κ1) is 13.9. The van der Waals surface area contributed by atoms with E-state index < -0.39 is 0 Å². The Morgan fingerprint density at radius 2 is 1.74 bits per heavy atom. The average molecular weight is 319 g/mol. The number of aryl methyl sites for hydroxylation is 1. The van der Waals surface area contributed by atoms with E-state index in [1.807, 2.05) is 12.1 Å². The minimum Gasteiger partial charge on any atom is -0.399 e. The summed E-state index contributed by atoms with van der Waals surface area (Å²) in [4.78, 5) is 2.22. The number of hydrogen-bond acceptors (Lipinski definition) is 2. The highest BCUT2D eigenvalue weighted by Gasteiger charge is 2.04. The molecule has 0 spiro atoms. The fourth-order valence-corrected chi connectivity index (χ4v) is 2.68. The van der Waals surface area contributed by atoms with Crippen LogP contribution in [-0.2, 0) is 13.0 Å². The van der Waals surface area contributed by atoms with Crippen molar-refractivity contribution in [2.75, 3.05) is 17.7 Å². The monoisotopic (exact) mass is 318 g/mol. The normalized spacial score (nSPS) is 10.5. The molecule has 100 valence electrons. The third kappa shape index (κ3) is 3.74. The van der Waals surface area contributed by atoms with Gasteiger partial charge in [0.25, 0.3) is 0 Å². The van der Waals surface area contributed by atoms with Crippen LogP contribution in [0.2, 0.25) is 0 Å². The maximum atomic E-state index is 5.86. The maximum Gasteiger partial charge on any atom is 0.0427 e. The lowest BCUT2D eigenvalue weighted by molar-refractivity contribution is 0.921. The van der Waals surface area contributed by atoms with E-state index in [1.165, 1.54) is 16.8 Å². The van der Waals surface area contributed by atoms with Gasteiger partial charge in [0.05, 0.1) is 0 Å². The number of nitrogens with two attached hydrogens (primary N) is 1. The zero-order valence-corrected chi connectivity index (χ0v) is 12.9. The van der Waals surface area contributed by atoms with Crippen LogP contribution < -0.4 is 10.6 Å². The summed E-state index contributed by atoms with van der Waals surface area (Å²) >= 11 is 3.48. The van der Waals surface area contributed by atoms with Gasteiger partial charge >= 0.3 is 0 Å². The number of nitrogens with zero attached hydrogens (tertiary/aromatic N) is 1. The van der Waals surface area contributed by atoms with Crippen molar-refractivity contribution < 1.29 is 0 Å². The molecule has 2 aromatic rings. The van der Waals surface area contributed by atoms with Crippen molar-refractivity contribution in [1.82, 2.24) is 0 Å². The molecule has 0 saturated carbocycles. The van der Waals surface area contributed by atoms with E-state index in [-0.39, 0.29) is 0 Å². The molecule has 3 heteroatoms. The van der Waals surface area contributed by atoms with Crippen LogP contribution in [0, 0.1) is 0 Å². The van der Waals surface area contributed by atoms with E-state index in [1.54, 1.807) is 0 Å². The molecule has 0 amide bonds. The highest BCUT2D eigenvalue weighted by Crippen LogP contribution is 2.21. The summed E-state index contributed by atoms with van der Waals surface area (Å²) in [6.07, 6.45) is 1.08. The lowest BCUT2D eigenvalue weighted by atomic mass is 10.1. The molecule has 0 saturated heterocycles. The molecular formula is C16H19BrN2. The van der Waals surface area contributed by atoms with Crippen molar-refractivity contribution in [3.8, 4) is 0 Å². The highest BCUT2D eigenvalue weighted by atomic mass is 79.9. The van der Waals surface area contributed by atoms with Gasteiger partial charge in [-0.1, -0.05) is 35.0 Å². The van der Waals surface area contributed by atoms with Gasteiger partial charge in [0.2, 0.25) is 0 Å². The maximum absolute atomic E-state index is 5.86. The third-order valence-electron chi connectivity index (χ3n) is 3.19. The number of nitrogen functional groups attached to an aromatic ring is 1. The molecule has 2 N–H and O–H groups in total. The molecule has 0 aliphatic heterocycles. The van der Waals surface area contributed by atoms with Crippen molar-refractivity contribution in [2.24, 2.45) is 0 Å². The molecule has 2 aromatic carbocycles. The lowest BCUT2D eigenvalue weighted by Gasteiger charge is -2.20. The lowest BCUT2D eigenvalue weighted by Crippen LogP contribution is -2.16. The van der Waals surface area contributed by atoms with Gasteiger partial charge in [0.15, 0.2) is 0 Å². The van der Waals surface area contributed by atoms with Crippen LogP contribution in [0.5, 0.6) is 0 Å². The molecule has 0 bridgehead atoms. The summed E-state index contributed by atoms with van der Waals surface area (Å²) in [6.45, 7) is 3.01. The largest absolute Gasteiger partial charge is 0.399 e.